The van der Waals surface area contributed by atoms with Crippen molar-refractivity contribution in [3.05, 3.63) is 47.5 Å². The van der Waals surface area contributed by atoms with Gasteiger partial charge in [0.1, 0.15) is 6.54 Å². The van der Waals surface area contributed by atoms with Gasteiger partial charge in [-0.1, -0.05) is 24.3 Å². The van der Waals surface area contributed by atoms with Crippen LogP contribution in [0.5, 0.6) is 0 Å². The number of hydrogen-bond acceptors (Lipinski definition) is 4. The molecule has 3 amide bonds. The molecule has 5 atom stereocenters. The monoisotopic (exact) mass is 377 g/mol. The zero-order valence-corrected chi connectivity index (χ0v) is 16.0. The molecule has 5 unspecified atom stereocenters. The Balaban J connectivity index is 1.48. The molecule has 1 saturated carbocycles. The highest BCUT2D eigenvalue weighted by atomic mass is 16.2. The molecule has 144 valence electrons. The van der Waals surface area contributed by atoms with Crippen molar-refractivity contribution in [2.75, 3.05) is 13.1 Å². The maximum absolute atomic E-state index is 13.0. The number of hydrogen-bond donors (Lipinski definition) is 0. The summed E-state index contributed by atoms with van der Waals surface area (Å²) in [6, 6.07) is 8.98. The zero-order chi connectivity index (χ0) is 20.0. The molecule has 2 bridgehead atoms. The van der Waals surface area contributed by atoms with Crippen LogP contribution in [0.15, 0.2) is 36.4 Å². The molecular weight excluding hydrogens is 354 g/mol. The Bertz CT molecular complexity index is 869. The van der Waals surface area contributed by atoms with Crippen molar-refractivity contribution in [1.29, 1.82) is 5.26 Å². The molecule has 1 heterocycles. The lowest BCUT2D eigenvalue weighted by Crippen LogP contribution is -2.44. The molecule has 0 N–H and O–H groups in total. The van der Waals surface area contributed by atoms with Gasteiger partial charge in [-0.2, -0.15) is 5.26 Å². The van der Waals surface area contributed by atoms with E-state index in [-0.39, 0.29) is 54.0 Å². The van der Waals surface area contributed by atoms with Crippen LogP contribution in [0.1, 0.15) is 37.4 Å². The molecule has 28 heavy (non-hydrogen) atoms. The Morgan fingerprint density at radius 1 is 1.18 bits per heavy atom. The molecule has 0 radical (unpaired) electrons. The van der Waals surface area contributed by atoms with Gasteiger partial charge in [-0.15, -0.1) is 0 Å². The van der Waals surface area contributed by atoms with Crippen molar-refractivity contribution in [3.63, 3.8) is 0 Å². The summed E-state index contributed by atoms with van der Waals surface area (Å²) in [6.07, 6.45) is 4.98. The molecule has 0 spiro atoms. The van der Waals surface area contributed by atoms with E-state index in [1.807, 2.05) is 38.1 Å². The number of likely N-dealkylation sites (N-methyl/N-ethyl adjacent to an activating group) is 1. The summed E-state index contributed by atoms with van der Waals surface area (Å²) in [7, 11) is 0. The summed E-state index contributed by atoms with van der Waals surface area (Å²) in [4.78, 5) is 41.4. The van der Waals surface area contributed by atoms with Gasteiger partial charge >= 0.3 is 0 Å². The fraction of sp³-hybridized carbons (Fsp3) is 0.455. The Hall–Kier alpha value is -2.94. The highest BCUT2D eigenvalue weighted by Crippen LogP contribution is 2.52. The van der Waals surface area contributed by atoms with Crippen LogP contribution in [0.3, 0.4) is 0 Å². The third-order valence-corrected chi connectivity index (χ3v) is 6.51. The first-order valence-electron chi connectivity index (χ1n) is 9.79. The van der Waals surface area contributed by atoms with Crippen molar-refractivity contribution in [2.24, 2.45) is 23.7 Å². The van der Waals surface area contributed by atoms with E-state index in [1.165, 1.54) is 4.90 Å². The smallest absolute Gasteiger partial charge is 0.243 e. The van der Waals surface area contributed by atoms with Gasteiger partial charge in [-0.05, 0) is 49.8 Å². The number of carbonyl (C=O) groups is 3. The first-order valence-corrected chi connectivity index (χ1v) is 9.79. The average molecular weight is 377 g/mol. The Kier molecular flexibility index (Phi) is 4.54. The van der Waals surface area contributed by atoms with Crippen molar-refractivity contribution < 1.29 is 14.4 Å². The second-order valence-corrected chi connectivity index (χ2v) is 7.85. The lowest BCUT2D eigenvalue weighted by atomic mass is 9.85. The summed E-state index contributed by atoms with van der Waals surface area (Å²) in [5.74, 6) is -0.883. The largest absolute Gasteiger partial charge is 0.335 e. The first-order chi connectivity index (χ1) is 13.5. The maximum atomic E-state index is 13.0. The maximum Gasteiger partial charge on any atom is 0.243 e. The van der Waals surface area contributed by atoms with Crippen LogP contribution in [-0.2, 0) is 14.4 Å². The molecule has 3 aliphatic rings. The number of rotatable bonds is 5. The summed E-state index contributed by atoms with van der Waals surface area (Å²) in [5.41, 5.74) is 1.47. The van der Waals surface area contributed by atoms with E-state index in [0.717, 1.165) is 12.0 Å². The fourth-order valence-corrected chi connectivity index (χ4v) is 5.03. The van der Waals surface area contributed by atoms with Gasteiger partial charge in [0.15, 0.2) is 0 Å². The zero-order valence-electron chi connectivity index (χ0n) is 16.0. The van der Waals surface area contributed by atoms with Crippen molar-refractivity contribution in [3.8, 4) is 6.07 Å². The molecule has 6 heteroatoms. The quantitative estimate of drug-likeness (QED) is 0.582. The summed E-state index contributed by atoms with van der Waals surface area (Å²) >= 11 is 0. The number of likely N-dealkylation sites (tertiary alicyclic amines) is 1. The van der Waals surface area contributed by atoms with Gasteiger partial charge in [0.05, 0.1) is 29.5 Å². The molecule has 0 aromatic heterocycles. The Morgan fingerprint density at radius 3 is 2.25 bits per heavy atom. The van der Waals surface area contributed by atoms with E-state index in [4.69, 9.17) is 5.26 Å². The number of allylic oxidation sites excluding steroid dienone is 2. The van der Waals surface area contributed by atoms with E-state index in [0.29, 0.717) is 12.1 Å². The fourth-order valence-electron chi connectivity index (χ4n) is 5.03. The molecule has 1 aromatic carbocycles. The van der Waals surface area contributed by atoms with Gasteiger partial charge in [0.25, 0.3) is 0 Å². The van der Waals surface area contributed by atoms with Gasteiger partial charge in [-0.3, -0.25) is 19.3 Å². The molecule has 1 saturated heterocycles. The lowest BCUT2D eigenvalue weighted by Gasteiger charge is -2.30. The van der Waals surface area contributed by atoms with Gasteiger partial charge < -0.3 is 4.90 Å². The number of fused-ring (bicyclic) bond motifs is 5. The second-order valence-electron chi connectivity index (χ2n) is 7.85. The average Bonchev–Trinajstić information content (AvgIpc) is 3.38. The number of benzene rings is 1. The summed E-state index contributed by atoms with van der Waals surface area (Å²) in [5, 5.41) is 8.94. The van der Waals surface area contributed by atoms with E-state index in [9.17, 15) is 14.4 Å². The highest BCUT2D eigenvalue weighted by Gasteiger charge is 2.59. The second kappa shape index (κ2) is 6.90. The molecular formula is C22H23N3O3. The standard InChI is InChI=1S/C22H23N3O3/c1-3-24(13(2)15-6-4-14(11-23)5-7-15)18(26)12-25-21(27)19-16-8-9-17(10-16)20(19)22(25)28/h4-9,13,16-17,19-20H,3,10,12H2,1-2H3. The molecule has 2 aliphatic carbocycles. The van der Waals surface area contributed by atoms with Crippen LogP contribution >= 0.6 is 0 Å². The van der Waals surface area contributed by atoms with Crippen LogP contribution in [-0.4, -0.2) is 40.6 Å². The first kappa shape index (κ1) is 18.4. The predicted octanol–water partition coefficient (Wildman–Crippen LogP) is 2.27. The van der Waals surface area contributed by atoms with Crippen LogP contribution in [0.25, 0.3) is 0 Å². The van der Waals surface area contributed by atoms with E-state index < -0.39 is 0 Å². The Labute approximate surface area is 164 Å². The van der Waals surface area contributed by atoms with Crippen molar-refractivity contribution >= 4 is 17.7 Å². The normalized spacial score (nSPS) is 28.4. The van der Waals surface area contributed by atoms with Gasteiger partial charge in [0, 0.05) is 6.54 Å². The summed E-state index contributed by atoms with van der Waals surface area (Å²) < 4.78 is 0. The van der Waals surface area contributed by atoms with E-state index in [1.54, 1.807) is 17.0 Å². The number of imide groups is 1. The van der Waals surface area contributed by atoms with Gasteiger partial charge in [0.2, 0.25) is 17.7 Å². The number of nitrogens with zero attached hydrogens (tertiary/aromatic N) is 3. The molecule has 1 aliphatic heterocycles. The number of amides is 3. The van der Waals surface area contributed by atoms with E-state index in [2.05, 4.69) is 6.07 Å². The van der Waals surface area contributed by atoms with Crippen LogP contribution in [0.2, 0.25) is 0 Å². The molecule has 2 fully saturated rings. The minimum absolute atomic E-state index is 0.145. The van der Waals surface area contributed by atoms with Crippen LogP contribution < -0.4 is 0 Å². The molecule has 1 aromatic rings. The van der Waals surface area contributed by atoms with Crippen LogP contribution in [0, 0.1) is 35.0 Å². The topological polar surface area (TPSA) is 81.5 Å². The number of nitriles is 1. The minimum atomic E-state index is -0.277. The Morgan fingerprint density at radius 2 is 1.75 bits per heavy atom. The van der Waals surface area contributed by atoms with Crippen molar-refractivity contribution in [1.82, 2.24) is 9.80 Å². The van der Waals surface area contributed by atoms with Gasteiger partial charge in [-0.25, -0.2) is 0 Å². The lowest BCUT2D eigenvalue weighted by molar-refractivity contribution is -0.147. The SMILES string of the molecule is CCN(C(=O)CN1C(=O)C2C3C=CC(C3)C2C1=O)C(C)c1ccc(C#N)cc1. The third-order valence-electron chi connectivity index (χ3n) is 6.51. The van der Waals surface area contributed by atoms with E-state index >= 15 is 0 Å². The number of carbonyl (C=O) groups excluding carboxylic acids is 3. The summed E-state index contributed by atoms with van der Waals surface area (Å²) in [6.45, 7) is 4.06. The van der Waals surface area contributed by atoms with Crippen LogP contribution in [0.4, 0.5) is 0 Å². The minimum Gasteiger partial charge on any atom is -0.335 e. The molecule has 4 rings (SSSR count). The highest BCUT2D eigenvalue weighted by molar-refractivity contribution is 6.08. The molecule has 6 nitrogen and oxygen atoms in total. The van der Waals surface area contributed by atoms with Crippen molar-refractivity contribution in [2.45, 2.75) is 26.3 Å². The predicted molar refractivity (Wildman–Crippen MR) is 101 cm³/mol. The third kappa shape index (κ3) is 2.73.